The SMILES string of the molecule is CC(=O)CCC(=O)N1CCN(c2cccc3c2C(=O)N(Cc2cccc4ccccc24)C3=O)CC1. The van der Waals surface area contributed by atoms with Crippen LogP contribution in [0.5, 0.6) is 0 Å². The van der Waals surface area contributed by atoms with E-state index < -0.39 is 0 Å². The number of benzene rings is 3. The molecule has 0 bridgehead atoms. The van der Waals surface area contributed by atoms with E-state index in [1.165, 1.54) is 11.8 Å². The summed E-state index contributed by atoms with van der Waals surface area (Å²) in [5.74, 6) is -0.579. The summed E-state index contributed by atoms with van der Waals surface area (Å²) in [5.41, 5.74) is 2.52. The molecule has 2 aliphatic rings. The topological polar surface area (TPSA) is 78.0 Å². The Kier molecular flexibility index (Phi) is 6.07. The number of imide groups is 1. The fourth-order valence-electron chi connectivity index (χ4n) is 4.96. The summed E-state index contributed by atoms with van der Waals surface area (Å²) in [6.07, 6.45) is 0.487. The molecule has 0 saturated carbocycles. The van der Waals surface area contributed by atoms with Crippen molar-refractivity contribution in [2.24, 2.45) is 0 Å². The molecule has 3 amide bonds. The standard InChI is InChI=1S/C28H27N3O4/c1-19(32)12-13-25(33)30-16-14-29(15-17-30)24-11-5-10-23-26(24)28(35)31(27(23)34)18-21-8-4-7-20-6-2-3-9-22(20)21/h2-11H,12-18H2,1H3. The lowest BCUT2D eigenvalue weighted by Gasteiger charge is -2.36. The largest absolute Gasteiger partial charge is 0.367 e. The van der Waals surface area contributed by atoms with Crippen LogP contribution >= 0.6 is 0 Å². The summed E-state index contributed by atoms with van der Waals surface area (Å²) < 4.78 is 0. The third-order valence-corrected chi connectivity index (χ3v) is 6.85. The van der Waals surface area contributed by atoms with E-state index in [0.29, 0.717) is 37.3 Å². The molecule has 2 aliphatic heterocycles. The fraction of sp³-hybridized carbons (Fsp3) is 0.286. The molecule has 2 heterocycles. The Hall–Kier alpha value is -4.00. The number of nitrogens with zero attached hydrogens (tertiary/aromatic N) is 3. The van der Waals surface area contributed by atoms with Gasteiger partial charge in [-0.15, -0.1) is 0 Å². The normalized spacial score (nSPS) is 15.6. The van der Waals surface area contributed by atoms with E-state index in [1.807, 2.05) is 54.6 Å². The van der Waals surface area contributed by atoms with Gasteiger partial charge >= 0.3 is 0 Å². The molecule has 0 atom stereocenters. The zero-order valence-electron chi connectivity index (χ0n) is 19.7. The monoisotopic (exact) mass is 469 g/mol. The van der Waals surface area contributed by atoms with Crippen molar-refractivity contribution in [3.05, 3.63) is 77.4 Å². The predicted molar refractivity (Wildman–Crippen MR) is 133 cm³/mol. The lowest BCUT2D eigenvalue weighted by molar-refractivity contribution is -0.133. The van der Waals surface area contributed by atoms with E-state index in [-0.39, 0.29) is 42.9 Å². The van der Waals surface area contributed by atoms with Crippen LogP contribution in [0.15, 0.2) is 60.7 Å². The van der Waals surface area contributed by atoms with Crippen LogP contribution in [-0.2, 0) is 16.1 Å². The van der Waals surface area contributed by atoms with Crippen molar-refractivity contribution in [3.63, 3.8) is 0 Å². The lowest BCUT2D eigenvalue weighted by Crippen LogP contribution is -2.49. The van der Waals surface area contributed by atoms with Crippen LogP contribution in [0.2, 0.25) is 0 Å². The van der Waals surface area contributed by atoms with Crippen molar-refractivity contribution in [2.45, 2.75) is 26.3 Å². The number of hydrogen-bond donors (Lipinski definition) is 0. The third-order valence-electron chi connectivity index (χ3n) is 6.85. The second-order valence-electron chi connectivity index (χ2n) is 9.10. The van der Waals surface area contributed by atoms with Crippen LogP contribution in [0.25, 0.3) is 10.8 Å². The number of Topliss-reactive ketones (excluding diaryl/α,β-unsaturated/α-hetero) is 1. The molecular weight excluding hydrogens is 442 g/mol. The molecular formula is C28H27N3O4. The van der Waals surface area contributed by atoms with Gasteiger partial charge in [0.2, 0.25) is 5.91 Å². The van der Waals surface area contributed by atoms with E-state index in [1.54, 1.807) is 11.0 Å². The van der Waals surface area contributed by atoms with Gasteiger partial charge in [-0.3, -0.25) is 19.3 Å². The molecule has 0 spiro atoms. The first-order valence-corrected chi connectivity index (χ1v) is 11.9. The van der Waals surface area contributed by atoms with Gasteiger partial charge in [0.15, 0.2) is 0 Å². The zero-order chi connectivity index (χ0) is 24.5. The number of carbonyl (C=O) groups excluding carboxylic acids is 4. The second-order valence-corrected chi connectivity index (χ2v) is 9.10. The average Bonchev–Trinajstić information content (AvgIpc) is 3.12. The smallest absolute Gasteiger partial charge is 0.263 e. The highest BCUT2D eigenvalue weighted by atomic mass is 16.2. The maximum Gasteiger partial charge on any atom is 0.263 e. The van der Waals surface area contributed by atoms with Crippen LogP contribution < -0.4 is 4.90 Å². The molecule has 1 fully saturated rings. The molecule has 0 unspecified atom stereocenters. The fourth-order valence-corrected chi connectivity index (χ4v) is 4.96. The number of carbonyl (C=O) groups is 4. The summed E-state index contributed by atoms with van der Waals surface area (Å²) in [7, 11) is 0. The van der Waals surface area contributed by atoms with Crippen LogP contribution in [0, 0.1) is 0 Å². The highest BCUT2D eigenvalue weighted by Crippen LogP contribution is 2.34. The minimum Gasteiger partial charge on any atom is -0.367 e. The molecule has 178 valence electrons. The Bertz CT molecular complexity index is 1340. The summed E-state index contributed by atoms with van der Waals surface area (Å²) in [6.45, 7) is 3.86. The van der Waals surface area contributed by atoms with Crippen molar-refractivity contribution in [1.29, 1.82) is 0 Å². The van der Waals surface area contributed by atoms with Gasteiger partial charge in [-0.1, -0.05) is 48.5 Å². The highest BCUT2D eigenvalue weighted by molar-refractivity contribution is 6.23. The molecule has 7 nitrogen and oxygen atoms in total. The van der Waals surface area contributed by atoms with E-state index in [9.17, 15) is 19.2 Å². The van der Waals surface area contributed by atoms with Gasteiger partial charge in [-0.25, -0.2) is 0 Å². The van der Waals surface area contributed by atoms with Crippen LogP contribution in [-0.4, -0.2) is 59.5 Å². The number of fused-ring (bicyclic) bond motifs is 2. The van der Waals surface area contributed by atoms with Crippen LogP contribution in [0.1, 0.15) is 46.0 Å². The van der Waals surface area contributed by atoms with Crippen molar-refractivity contribution in [3.8, 4) is 0 Å². The first-order chi connectivity index (χ1) is 16.9. The van der Waals surface area contributed by atoms with E-state index in [4.69, 9.17) is 0 Å². The quantitative estimate of drug-likeness (QED) is 0.515. The molecule has 3 aromatic carbocycles. The molecule has 3 aromatic rings. The maximum atomic E-state index is 13.5. The summed E-state index contributed by atoms with van der Waals surface area (Å²) in [4.78, 5) is 55.5. The number of ketones is 1. The van der Waals surface area contributed by atoms with Crippen molar-refractivity contribution in [1.82, 2.24) is 9.80 Å². The number of rotatable bonds is 6. The molecule has 1 saturated heterocycles. The van der Waals surface area contributed by atoms with Crippen LogP contribution in [0.3, 0.4) is 0 Å². The number of piperazine rings is 1. The molecule has 0 radical (unpaired) electrons. The number of amides is 3. The van der Waals surface area contributed by atoms with Crippen molar-refractivity contribution >= 4 is 40.0 Å². The van der Waals surface area contributed by atoms with Gasteiger partial charge in [0.1, 0.15) is 5.78 Å². The van der Waals surface area contributed by atoms with E-state index >= 15 is 0 Å². The Morgan fingerprint density at radius 1 is 0.800 bits per heavy atom. The van der Waals surface area contributed by atoms with Gasteiger partial charge in [0.25, 0.3) is 11.8 Å². The Morgan fingerprint density at radius 2 is 1.51 bits per heavy atom. The lowest BCUT2D eigenvalue weighted by atomic mass is 10.0. The van der Waals surface area contributed by atoms with Gasteiger partial charge in [0, 0.05) is 39.0 Å². The summed E-state index contributed by atoms with van der Waals surface area (Å²) in [5, 5.41) is 2.09. The van der Waals surface area contributed by atoms with Crippen molar-refractivity contribution < 1.29 is 19.2 Å². The predicted octanol–water partition coefficient (Wildman–Crippen LogP) is 3.65. The Labute approximate surface area is 203 Å². The molecule has 5 rings (SSSR count). The van der Waals surface area contributed by atoms with E-state index in [2.05, 4.69) is 4.90 Å². The number of hydrogen-bond acceptors (Lipinski definition) is 5. The van der Waals surface area contributed by atoms with Gasteiger partial charge in [-0.2, -0.15) is 0 Å². The molecule has 0 aromatic heterocycles. The van der Waals surface area contributed by atoms with Gasteiger partial charge in [0.05, 0.1) is 23.4 Å². The molecule has 35 heavy (non-hydrogen) atoms. The van der Waals surface area contributed by atoms with Gasteiger partial charge < -0.3 is 14.6 Å². The highest BCUT2D eigenvalue weighted by Gasteiger charge is 2.39. The van der Waals surface area contributed by atoms with Crippen LogP contribution in [0.4, 0.5) is 5.69 Å². The minimum absolute atomic E-state index is 0.00747. The third kappa shape index (κ3) is 4.30. The van der Waals surface area contributed by atoms with E-state index in [0.717, 1.165) is 22.0 Å². The maximum absolute atomic E-state index is 13.5. The average molecular weight is 470 g/mol. The Balaban J connectivity index is 1.35. The summed E-state index contributed by atoms with van der Waals surface area (Å²) in [6, 6.07) is 19.3. The minimum atomic E-state index is -0.284. The second kappa shape index (κ2) is 9.33. The number of anilines is 1. The summed E-state index contributed by atoms with van der Waals surface area (Å²) >= 11 is 0. The Morgan fingerprint density at radius 3 is 2.29 bits per heavy atom. The molecule has 7 heteroatoms. The zero-order valence-corrected chi connectivity index (χ0v) is 19.7. The molecule has 0 aliphatic carbocycles. The first kappa shape index (κ1) is 22.8. The van der Waals surface area contributed by atoms with Gasteiger partial charge in [-0.05, 0) is 35.4 Å². The first-order valence-electron chi connectivity index (χ1n) is 11.9. The molecule has 0 N–H and O–H groups in total. The van der Waals surface area contributed by atoms with Crippen molar-refractivity contribution in [2.75, 3.05) is 31.1 Å².